The molecule has 0 amide bonds. The van der Waals surface area contributed by atoms with E-state index in [0.29, 0.717) is 0 Å². The third-order valence-electron chi connectivity index (χ3n) is 2.43. The van der Waals surface area contributed by atoms with Gasteiger partial charge in [-0.1, -0.05) is 23.3 Å². The average molecular weight is 313 g/mol. The highest BCUT2D eigenvalue weighted by Gasteiger charge is 1.92. The molecule has 0 unspecified atom stereocenters. The third kappa shape index (κ3) is 22.8. The third-order valence-corrected chi connectivity index (χ3v) is 2.43. The van der Waals surface area contributed by atoms with Crippen molar-refractivity contribution in [2.75, 3.05) is 0 Å². The number of nitrogens with two attached hydrogens (primary N) is 2. The zero-order valence-corrected chi connectivity index (χ0v) is 13.7. The highest BCUT2D eigenvalue weighted by molar-refractivity contribution is 5.83. The number of rotatable bonds is 7. The molecule has 0 spiro atoms. The van der Waals surface area contributed by atoms with Crippen molar-refractivity contribution in [2.24, 2.45) is 21.7 Å². The Labute approximate surface area is 131 Å². The Bertz CT molecular complexity index is 441. The number of nitrogens with zero attached hydrogens (tertiary/aromatic N) is 3. The molecule has 0 aromatic carbocycles. The SMILES string of the molecule is CC(C)=CCC/C(C)=C\CC/C(C)=N/N=C(N)N.O=[N+]([O-])O. The van der Waals surface area contributed by atoms with E-state index < -0.39 is 5.09 Å². The summed E-state index contributed by atoms with van der Waals surface area (Å²) in [6.45, 7) is 8.35. The van der Waals surface area contributed by atoms with E-state index in [1.54, 1.807) is 0 Å². The van der Waals surface area contributed by atoms with Gasteiger partial charge in [-0.15, -0.1) is 15.2 Å². The quantitative estimate of drug-likeness (QED) is 0.218. The van der Waals surface area contributed by atoms with Gasteiger partial charge in [0.1, 0.15) is 0 Å². The van der Waals surface area contributed by atoms with Gasteiger partial charge in [-0.25, -0.2) is 0 Å². The number of hydrogen-bond donors (Lipinski definition) is 3. The lowest BCUT2D eigenvalue weighted by Gasteiger charge is -1.99. The molecule has 0 aliphatic rings. The number of hydrogen-bond acceptors (Lipinski definition) is 4. The minimum absolute atomic E-state index is 0.00259. The van der Waals surface area contributed by atoms with Gasteiger partial charge >= 0.3 is 0 Å². The van der Waals surface area contributed by atoms with Gasteiger partial charge in [0.25, 0.3) is 5.09 Å². The number of allylic oxidation sites excluding steroid dienone is 4. The Morgan fingerprint density at radius 2 is 1.59 bits per heavy atom. The summed E-state index contributed by atoms with van der Waals surface area (Å²) >= 11 is 0. The van der Waals surface area contributed by atoms with E-state index in [4.69, 9.17) is 26.8 Å². The van der Waals surface area contributed by atoms with E-state index in [-0.39, 0.29) is 5.96 Å². The second-order valence-electron chi connectivity index (χ2n) is 5.01. The van der Waals surface area contributed by atoms with Crippen molar-refractivity contribution in [3.63, 3.8) is 0 Å². The van der Waals surface area contributed by atoms with E-state index in [1.807, 2.05) is 6.92 Å². The molecule has 8 heteroatoms. The van der Waals surface area contributed by atoms with E-state index in [2.05, 4.69) is 43.1 Å². The Balaban J connectivity index is 0. The minimum Gasteiger partial charge on any atom is -0.369 e. The molecule has 0 heterocycles. The second-order valence-corrected chi connectivity index (χ2v) is 5.01. The summed E-state index contributed by atoms with van der Waals surface area (Å²) in [6.07, 6.45) is 8.63. The van der Waals surface area contributed by atoms with Gasteiger partial charge in [0.05, 0.1) is 0 Å². The first kappa shape index (κ1) is 21.9. The van der Waals surface area contributed by atoms with Crippen molar-refractivity contribution < 1.29 is 10.3 Å². The molecule has 0 atom stereocenters. The fourth-order valence-electron chi connectivity index (χ4n) is 1.41. The summed E-state index contributed by atoms with van der Waals surface area (Å²) in [5.41, 5.74) is 14.1. The molecule has 126 valence electrons. The van der Waals surface area contributed by atoms with Crippen molar-refractivity contribution in [3.05, 3.63) is 33.4 Å². The van der Waals surface area contributed by atoms with Crippen LogP contribution in [-0.2, 0) is 0 Å². The Kier molecular flexibility index (Phi) is 13.5. The average Bonchev–Trinajstić information content (AvgIpc) is 2.35. The predicted octanol–water partition coefficient (Wildman–Crippen LogP) is 2.76. The molecule has 0 aromatic rings. The molecule has 0 fully saturated rings. The van der Waals surface area contributed by atoms with Gasteiger partial charge in [0.2, 0.25) is 5.96 Å². The van der Waals surface area contributed by atoms with Crippen LogP contribution in [0.25, 0.3) is 0 Å². The fraction of sp³-hybridized carbons (Fsp3) is 0.571. The van der Waals surface area contributed by atoms with Gasteiger partial charge < -0.3 is 16.7 Å². The maximum absolute atomic E-state index is 8.36. The second kappa shape index (κ2) is 13.6. The summed E-state index contributed by atoms with van der Waals surface area (Å²) in [5, 5.41) is 21.2. The van der Waals surface area contributed by atoms with E-state index in [0.717, 1.165) is 31.4 Å². The molecule has 0 aliphatic heterocycles. The van der Waals surface area contributed by atoms with Gasteiger partial charge in [0, 0.05) is 5.71 Å². The predicted molar refractivity (Wildman–Crippen MR) is 89.4 cm³/mol. The van der Waals surface area contributed by atoms with Crippen LogP contribution >= 0.6 is 0 Å². The molecule has 0 radical (unpaired) electrons. The first-order chi connectivity index (χ1) is 10.1. The lowest BCUT2D eigenvalue weighted by atomic mass is 10.1. The maximum atomic E-state index is 8.36. The molecule has 0 rings (SSSR count). The standard InChI is InChI=1S/C14H26N4.HNO3/c1-11(2)7-5-8-12(3)9-6-10-13(4)17-18-14(15)16;2-1(3)4/h7,9H,5-6,8,10H2,1-4H3,(H4,15,16,18);(H,2,3,4)/b12-9-,17-13+;. The molecule has 5 N–H and O–H groups in total. The smallest absolute Gasteiger partial charge is 0.291 e. The molecule has 0 bridgehead atoms. The van der Waals surface area contributed by atoms with Crippen LogP contribution in [0.4, 0.5) is 0 Å². The molecular formula is C14H27N5O3. The summed E-state index contributed by atoms with van der Waals surface area (Å²) in [7, 11) is 0. The summed E-state index contributed by atoms with van der Waals surface area (Å²) < 4.78 is 0. The Morgan fingerprint density at radius 1 is 1.09 bits per heavy atom. The van der Waals surface area contributed by atoms with Crippen LogP contribution in [0, 0.1) is 10.1 Å². The van der Waals surface area contributed by atoms with Crippen LogP contribution in [0.15, 0.2) is 33.5 Å². The maximum Gasteiger partial charge on any atom is 0.291 e. The first-order valence-corrected chi connectivity index (χ1v) is 6.89. The summed E-state index contributed by atoms with van der Waals surface area (Å²) in [5.74, 6) is 0.00259. The Hall–Kier alpha value is -2.38. The number of guanidine groups is 1. The monoisotopic (exact) mass is 313 g/mol. The van der Waals surface area contributed by atoms with Crippen molar-refractivity contribution in [2.45, 2.75) is 53.4 Å². The van der Waals surface area contributed by atoms with E-state index >= 15 is 0 Å². The van der Waals surface area contributed by atoms with Gasteiger partial charge in [-0.2, -0.15) is 5.10 Å². The summed E-state index contributed by atoms with van der Waals surface area (Å²) in [6, 6.07) is 0. The minimum atomic E-state index is -1.50. The van der Waals surface area contributed by atoms with Crippen LogP contribution in [-0.4, -0.2) is 22.0 Å². The van der Waals surface area contributed by atoms with Crippen molar-refractivity contribution in [1.29, 1.82) is 0 Å². The first-order valence-electron chi connectivity index (χ1n) is 6.89. The molecule has 8 nitrogen and oxygen atoms in total. The molecule has 0 saturated heterocycles. The molecular weight excluding hydrogens is 286 g/mol. The van der Waals surface area contributed by atoms with Crippen LogP contribution in [0.2, 0.25) is 0 Å². The lowest BCUT2D eigenvalue weighted by Crippen LogP contribution is -2.22. The van der Waals surface area contributed by atoms with Gasteiger partial charge in [-0.05, 0) is 53.4 Å². The van der Waals surface area contributed by atoms with Crippen LogP contribution < -0.4 is 11.5 Å². The van der Waals surface area contributed by atoms with Crippen LogP contribution in [0.5, 0.6) is 0 Å². The Morgan fingerprint density at radius 3 is 2.05 bits per heavy atom. The zero-order valence-electron chi connectivity index (χ0n) is 13.7. The normalized spacial score (nSPS) is 11.1. The fourth-order valence-corrected chi connectivity index (χ4v) is 1.41. The summed E-state index contributed by atoms with van der Waals surface area (Å²) in [4.78, 5) is 8.36. The molecule has 0 saturated carbocycles. The van der Waals surface area contributed by atoms with Crippen LogP contribution in [0.1, 0.15) is 53.4 Å². The molecule has 22 heavy (non-hydrogen) atoms. The molecule has 0 aliphatic carbocycles. The van der Waals surface area contributed by atoms with Gasteiger partial charge in [0.15, 0.2) is 0 Å². The topological polar surface area (TPSA) is 140 Å². The van der Waals surface area contributed by atoms with Gasteiger partial charge in [-0.3, -0.25) is 0 Å². The molecule has 0 aromatic heterocycles. The largest absolute Gasteiger partial charge is 0.369 e. The van der Waals surface area contributed by atoms with E-state index in [1.165, 1.54) is 11.1 Å². The lowest BCUT2D eigenvalue weighted by molar-refractivity contribution is -0.742. The van der Waals surface area contributed by atoms with Crippen LogP contribution in [0.3, 0.4) is 0 Å². The van der Waals surface area contributed by atoms with Crippen molar-refractivity contribution in [1.82, 2.24) is 0 Å². The van der Waals surface area contributed by atoms with E-state index in [9.17, 15) is 0 Å². The highest BCUT2D eigenvalue weighted by Crippen LogP contribution is 2.08. The zero-order chi connectivity index (χ0) is 17.5. The van der Waals surface area contributed by atoms with Crippen molar-refractivity contribution in [3.8, 4) is 0 Å². The van der Waals surface area contributed by atoms with Crippen molar-refractivity contribution >= 4 is 11.7 Å². The highest BCUT2D eigenvalue weighted by atomic mass is 16.9.